The molecule has 0 aromatic carbocycles. The Morgan fingerprint density at radius 3 is 2.61 bits per heavy atom. The van der Waals surface area contributed by atoms with Gasteiger partial charge >= 0.3 is 0 Å². The van der Waals surface area contributed by atoms with Crippen LogP contribution in [0.4, 0.5) is 0 Å². The van der Waals surface area contributed by atoms with Crippen molar-refractivity contribution in [1.82, 2.24) is 0 Å². The Hall–Kier alpha value is -0.860. The van der Waals surface area contributed by atoms with E-state index < -0.39 is 0 Å². The summed E-state index contributed by atoms with van der Waals surface area (Å²) in [5, 5.41) is 9.77. The zero-order valence-corrected chi connectivity index (χ0v) is 19.3. The normalized spacial score (nSPS) is 25.1. The number of aliphatic hydroxyl groups is 1. The molecule has 2 heteroatoms. The summed E-state index contributed by atoms with van der Waals surface area (Å²) in [5.74, 6) is 1.66. The van der Waals surface area contributed by atoms with Crippen LogP contribution in [0.15, 0.2) is 36.0 Å². The molecule has 0 bridgehead atoms. The summed E-state index contributed by atoms with van der Waals surface area (Å²) in [6, 6.07) is 0. The van der Waals surface area contributed by atoms with Gasteiger partial charge in [-0.2, -0.15) is 0 Å². The lowest BCUT2D eigenvalue weighted by Crippen LogP contribution is -2.35. The first-order valence-electron chi connectivity index (χ1n) is 11.7. The fraction of sp³-hybridized carbons (Fsp3) is 0.769. The Bertz CT molecular complexity index is 491. The van der Waals surface area contributed by atoms with E-state index >= 15 is 0 Å². The zero-order chi connectivity index (χ0) is 20.9. The fourth-order valence-corrected chi connectivity index (χ4v) is 4.00. The third-order valence-electron chi connectivity index (χ3n) is 6.37. The second-order valence-corrected chi connectivity index (χ2v) is 9.13. The van der Waals surface area contributed by atoms with Crippen molar-refractivity contribution >= 4 is 0 Å². The predicted octanol–water partition coefficient (Wildman–Crippen LogP) is 7.24. The van der Waals surface area contributed by atoms with Crippen molar-refractivity contribution in [1.29, 1.82) is 0 Å². The summed E-state index contributed by atoms with van der Waals surface area (Å²) in [5.41, 5.74) is 2.60. The lowest BCUT2D eigenvalue weighted by molar-refractivity contribution is -0.0544. The molecule has 162 valence electrons. The molecule has 0 radical (unpaired) electrons. The Kier molecular flexibility index (Phi) is 12.7. The molecule has 0 aromatic rings. The van der Waals surface area contributed by atoms with Gasteiger partial charge in [-0.1, -0.05) is 90.2 Å². The van der Waals surface area contributed by atoms with Gasteiger partial charge in [0.15, 0.2) is 0 Å². The molecule has 0 saturated carbocycles. The molecule has 0 aromatic heterocycles. The molecule has 0 aliphatic heterocycles. The van der Waals surface area contributed by atoms with Gasteiger partial charge in [0, 0.05) is 0 Å². The summed E-state index contributed by atoms with van der Waals surface area (Å²) in [4.78, 5) is 0. The van der Waals surface area contributed by atoms with Gasteiger partial charge in [-0.3, -0.25) is 0 Å². The monoisotopic (exact) mass is 390 g/mol. The third kappa shape index (κ3) is 9.56. The van der Waals surface area contributed by atoms with E-state index in [1.807, 2.05) is 0 Å². The smallest absolute Gasteiger partial charge is 0.0855 e. The Morgan fingerprint density at radius 1 is 1.21 bits per heavy atom. The summed E-state index contributed by atoms with van der Waals surface area (Å²) in [6.07, 6.45) is 17.6. The molecule has 1 aliphatic carbocycles. The summed E-state index contributed by atoms with van der Waals surface area (Å²) in [6.45, 7) is 15.6. The molecule has 0 fully saturated rings. The highest BCUT2D eigenvalue weighted by molar-refractivity contribution is 5.25. The summed E-state index contributed by atoms with van der Waals surface area (Å²) in [7, 11) is 0. The number of hydrogen-bond donors (Lipinski definition) is 1. The second-order valence-electron chi connectivity index (χ2n) is 9.13. The molecule has 5 unspecified atom stereocenters. The Balaban J connectivity index is 2.26. The Morgan fingerprint density at radius 2 is 1.93 bits per heavy atom. The maximum atomic E-state index is 9.77. The van der Waals surface area contributed by atoms with Gasteiger partial charge in [0.05, 0.1) is 18.8 Å². The molecular formula is C26H46O2. The third-order valence-corrected chi connectivity index (χ3v) is 6.37. The molecule has 0 heterocycles. The molecule has 1 rings (SSSR count). The van der Waals surface area contributed by atoms with Crippen molar-refractivity contribution < 1.29 is 9.84 Å². The number of allylic oxidation sites excluding steroid dienone is 3. The molecule has 0 saturated heterocycles. The van der Waals surface area contributed by atoms with Crippen LogP contribution in [-0.2, 0) is 4.74 Å². The van der Waals surface area contributed by atoms with E-state index in [0.29, 0.717) is 11.8 Å². The second kappa shape index (κ2) is 14.2. The highest BCUT2D eigenvalue weighted by atomic mass is 16.5. The quantitative estimate of drug-likeness (QED) is 0.250. The molecule has 5 atom stereocenters. The van der Waals surface area contributed by atoms with Gasteiger partial charge in [-0.25, -0.2) is 0 Å². The van der Waals surface area contributed by atoms with Crippen molar-refractivity contribution in [2.24, 2.45) is 17.8 Å². The van der Waals surface area contributed by atoms with Gasteiger partial charge in [0.2, 0.25) is 0 Å². The van der Waals surface area contributed by atoms with Crippen LogP contribution in [0.1, 0.15) is 92.4 Å². The van der Waals surface area contributed by atoms with E-state index in [9.17, 15) is 5.11 Å². The van der Waals surface area contributed by atoms with E-state index in [0.717, 1.165) is 24.3 Å². The van der Waals surface area contributed by atoms with Crippen LogP contribution in [0, 0.1) is 17.8 Å². The molecular weight excluding hydrogens is 344 g/mol. The van der Waals surface area contributed by atoms with Gasteiger partial charge in [0.1, 0.15) is 0 Å². The van der Waals surface area contributed by atoms with Gasteiger partial charge in [0.25, 0.3) is 0 Å². The highest BCUT2D eigenvalue weighted by Crippen LogP contribution is 2.31. The number of aliphatic hydroxyl groups excluding tert-OH is 1. The maximum Gasteiger partial charge on any atom is 0.0855 e. The first-order chi connectivity index (χ1) is 13.4. The SMILES string of the molecule is C=C1C=CC(C)C(C)C1OC(CO)CCCC(C)CCC/C(C)=C/CCCC. The minimum atomic E-state index is -0.0705. The first-order valence-corrected chi connectivity index (χ1v) is 11.7. The van der Waals surface area contributed by atoms with E-state index in [1.54, 1.807) is 5.57 Å². The van der Waals surface area contributed by atoms with Crippen LogP contribution in [0.3, 0.4) is 0 Å². The van der Waals surface area contributed by atoms with Gasteiger partial charge in [-0.05, 0) is 55.9 Å². The van der Waals surface area contributed by atoms with Crippen LogP contribution in [-0.4, -0.2) is 23.9 Å². The standard InChI is InChI=1S/C26H46O2/c1-7-8-9-12-20(2)13-10-14-21(3)15-11-16-25(19-27)28-26-23(5)18-17-22(4)24(26)6/h12,17-18,21-22,24-27H,5,7-11,13-16,19H2,1-4,6H3/b20-12+. The molecule has 28 heavy (non-hydrogen) atoms. The average molecular weight is 391 g/mol. The van der Waals surface area contributed by atoms with Crippen molar-refractivity contribution in [2.45, 2.75) is 105 Å². The maximum absolute atomic E-state index is 9.77. The molecule has 2 nitrogen and oxygen atoms in total. The molecule has 0 spiro atoms. The van der Waals surface area contributed by atoms with Crippen LogP contribution < -0.4 is 0 Å². The summed E-state index contributed by atoms with van der Waals surface area (Å²) >= 11 is 0. The van der Waals surface area contributed by atoms with Crippen molar-refractivity contribution in [3.63, 3.8) is 0 Å². The minimum absolute atomic E-state index is 0.0389. The molecule has 0 amide bonds. The minimum Gasteiger partial charge on any atom is -0.394 e. The summed E-state index contributed by atoms with van der Waals surface area (Å²) < 4.78 is 6.27. The fourth-order valence-electron chi connectivity index (χ4n) is 4.00. The largest absolute Gasteiger partial charge is 0.394 e. The molecule has 1 N–H and O–H groups in total. The number of unbranched alkanes of at least 4 members (excludes halogenated alkanes) is 2. The predicted molar refractivity (Wildman–Crippen MR) is 123 cm³/mol. The lowest BCUT2D eigenvalue weighted by Gasteiger charge is -2.34. The van der Waals surface area contributed by atoms with Crippen LogP contribution >= 0.6 is 0 Å². The van der Waals surface area contributed by atoms with Crippen molar-refractivity contribution in [3.8, 4) is 0 Å². The number of ether oxygens (including phenoxy) is 1. The van der Waals surface area contributed by atoms with Gasteiger partial charge < -0.3 is 9.84 Å². The number of rotatable bonds is 14. The highest BCUT2D eigenvalue weighted by Gasteiger charge is 2.29. The zero-order valence-electron chi connectivity index (χ0n) is 19.3. The Labute approximate surface area is 175 Å². The van der Waals surface area contributed by atoms with Crippen molar-refractivity contribution in [2.75, 3.05) is 6.61 Å². The van der Waals surface area contributed by atoms with Crippen molar-refractivity contribution in [3.05, 3.63) is 36.0 Å². The lowest BCUT2D eigenvalue weighted by atomic mass is 9.82. The number of hydrogen-bond acceptors (Lipinski definition) is 2. The van der Waals surface area contributed by atoms with E-state index in [2.05, 4.69) is 59.4 Å². The van der Waals surface area contributed by atoms with Crippen LogP contribution in [0.25, 0.3) is 0 Å². The van der Waals surface area contributed by atoms with E-state index in [4.69, 9.17) is 4.74 Å². The topological polar surface area (TPSA) is 29.5 Å². The average Bonchev–Trinajstić information content (AvgIpc) is 2.67. The van der Waals surface area contributed by atoms with Crippen LogP contribution in [0.5, 0.6) is 0 Å². The van der Waals surface area contributed by atoms with E-state index in [-0.39, 0.29) is 18.8 Å². The van der Waals surface area contributed by atoms with E-state index in [1.165, 1.54) is 44.9 Å². The van der Waals surface area contributed by atoms with Gasteiger partial charge in [-0.15, -0.1) is 0 Å². The van der Waals surface area contributed by atoms with Crippen LogP contribution in [0.2, 0.25) is 0 Å². The molecule has 1 aliphatic rings. The first kappa shape index (κ1) is 25.2.